The van der Waals surface area contributed by atoms with Crippen LogP contribution in [0.1, 0.15) is 26.3 Å². The molecule has 0 aromatic heterocycles. The Kier molecular flexibility index (Phi) is 4.20. The number of amides is 1. The van der Waals surface area contributed by atoms with E-state index in [0.29, 0.717) is 16.3 Å². The van der Waals surface area contributed by atoms with Crippen molar-refractivity contribution in [2.75, 3.05) is 5.32 Å². The number of anilines is 1. The Morgan fingerprint density at radius 1 is 1.56 bits per heavy atom. The summed E-state index contributed by atoms with van der Waals surface area (Å²) in [6, 6.07) is 7.06. The van der Waals surface area contributed by atoms with Gasteiger partial charge in [-0.05, 0) is 25.0 Å². The van der Waals surface area contributed by atoms with Crippen molar-refractivity contribution in [3.8, 4) is 6.07 Å². The fourth-order valence-corrected chi connectivity index (χ4v) is 1.73. The van der Waals surface area contributed by atoms with Crippen LogP contribution in [0.4, 0.5) is 5.69 Å². The molecular weight excluding hydrogens is 250 g/mol. The lowest BCUT2D eigenvalue weighted by molar-refractivity contribution is -0.123. The summed E-state index contributed by atoms with van der Waals surface area (Å²) in [5.74, 6) is -0.498. The normalized spacial score (nSPS) is 13.8. The summed E-state index contributed by atoms with van der Waals surface area (Å²) in [7, 11) is 0. The fourth-order valence-electron chi connectivity index (χ4n) is 1.51. The first-order valence-electron chi connectivity index (χ1n) is 5.59. The Morgan fingerprint density at radius 3 is 2.61 bits per heavy atom. The minimum Gasteiger partial charge on any atom is -0.370 e. The summed E-state index contributed by atoms with van der Waals surface area (Å²) in [6.45, 7) is 5.48. The first-order chi connectivity index (χ1) is 8.32. The lowest BCUT2D eigenvalue weighted by atomic mass is 9.87. The van der Waals surface area contributed by atoms with Gasteiger partial charge in [-0.25, -0.2) is 0 Å². The standard InChI is InChI=1S/C13H16ClN3O/c1-8(2)13(3,12(16)18)17-11-6-4-5-10(14)9(11)7-15/h4-6,8,17H,1-3H3,(H2,16,18). The first kappa shape index (κ1) is 14.3. The highest BCUT2D eigenvalue weighted by Gasteiger charge is 2.35. The Bertz CT molecular complexity index is 507. The van der Waals surface area contributed by atoms with Gasteiger partial charge in [0.25, 0.3) is 0 Å². The third-order valence-electron chi connectivity index (χ3n) is 3.19. The molecule has 1 atom stereocenters. The second-order valence-corrected chi connectivity index (χ2v) is 5.03. The number of carbonyl (C=O) groups is 1. The SMILES string of the molecule is CC(C)C(C)(Nc1cccc(Cl)c1C#N)C(N)=O. The van der Waals surface area contributed by atoms with Crippen LogP contribution in [-0.2, 0) is 4.79 Å². The van der Waals surface area contributed by atoms with Gasteiger partial charge in [0.15, 0.2) is 0 Å². The van der Waals surface area contributed by atoms with E-state index in [4.69, 9.17) is 22.6 Å². The second kappa shape index (κ2) is 5.28. The highest BCUT2D eigenvalue weighted by Crippen LogP contribution is 2.28. The molecule has 0 radical (unpaired) electrons. The molecule has 1 unspecified atom stereocenters. The van der Waals surface area contributed by atoms with E-state index in [9.17, 15) is 4.79 Å². The van der Waals surface area contributed by atoms with E-state index in [2.05, 4.69) is 5.32 Å². The number of hydrogen-bond acceptors (Lipinski definition) is 3. The van der Waals surface area contributed by atoms with Crippen molar-refractivity contribution < 1.29 is 4.79 Å². The lowest BCUT2D eigenvalue weighted by Crippen LogP contribution is -2.52. The van der Waals surface area contributed by atoms with E-state index >= 15 is 0 Å². The average molecular weight is 266 g/mol. The van der Waals surface area contributed by atoms with E-state index in [1.165, 1.54) is 0 Å². The van der Waals surface area contributed by atoms with Crippen molar-refractivity contribution in [3.63, 3.8) is 0 Å². The van der Waals surface area contributed by atoms with Gasteiger partial charge in [0, 0.05) is 0 Å². The van der Waals surface area contributed by atoms with Crippen LogP contribution in [0.15, 0.2) is 18.2 Å². The van der Waals surface area contributed by atoms with Crippen molar-refractivity contribution >= 4 is 23.2 Å². The highest BCUT2D eigenvalue weighted by molar-refractivity contribution is 6.32. The zero-order valence-corrected chi connectivity index (χ0v) is 11.4. The van der Waals surface area contributed by atoms with Crippen molar-refractivity contribution in [2.24, 2.45) is 11.7 Å². The average Bonchev–Trinajstić information content (AvgIpc) is 2.28. The summed E-state index contributed by atoms with van der Waals surface area (Å²) < 4.78 is 0. The number of benzene rings is 1. The predicted octanol–water partition coefficient (Wildman–Crippen LogP) is 2.52. The van der Waals surface area contributed by atoms with Crippen LogP contribution in [-0.4, -0.2) is 11.4 Å². The third-order valence-corrected chi connectivity index (χ3v) is 3.50. The molecule has 0 aliphatic heterocycles. The number of nitrogens with two attached hydrogens (primary N) is 1. The summed E-state index contributed by atoms with van der Waals surface area (Å²) in [4.78, 5) is 11.6. The van der Waals surface area contributed by atoms with Gasteiger partial charge < -0.3 is 11.1 Å². The topological polar surface area (TPSA) is 78.9 Å². The number of rotatable bonds is 4. The van der Waals surface area contributed by atoms with Gasteiger partial charge in [-0.15, -0.1) is 0 Å². The van der Waals surface area contributed by atoms with Crippen LogP contribution in [0.25, 0.3) is 0 Å². The quantitative estimate of drug-likeness (QED) is 0.878. The molecule has 1 rings (SSSR count). The van der Waals surface area contributed by atoms with E-state index in [1.807, 2.05) is 19.9 Å². The highest BCUT2D eigenvalue weighted by atomic mass is 35.5. The molecule has 3 N–H and O–H groups in total. The maximum absolute atomic E-state index is 11.6. The van der Waals surface area contributed by atoms with E-state index in [0.717, 1.165) is 0 Å². The molecule has 0 heterocycles. The van der Waals surface area contributed by atoms with Crippen molar-refractivity contribution in [1.29, 1.82) is 5.26 Å². The Morgan fingerprint density at radius 2 is 2.17 bits per heavy atom. The molecule has 1 amide bonds. The zero-order chi connectivity index (χ0) is 13.9. The molecular formula is C13H16ClN3O. The maximum atomic E-state index is 11.6. The minimum absolute atomic E-state index is 0.0273. The van der Waals surface area contributed by atoms with Gasteiger partial charge in [-0.2, -0.15) is 5.26 Å². The number of nitrogens with zero attached hydrogens (tertiary/aromatic N) is 1. The Balaban J connectivity index is 3.22. The van der Waals surface area contributed by atoms with Crippen molar-refractivity contribution in [3.05, 3.63) is 28.8 Å². The van der Waals surface area contributed by atoms with Gasteiger partial charge >= 0.3 is 0 Å². The summed E-state index contributed by atoms with van der Waals surface area (Å²) in [5, 5.41) is 12.5. The number of carbonyl (C=O) groups excluding carboxylic acids is 1. The molecule has 0 saturated carbocycles. The van der Waals surface area contributed by atoms with Crippen LogP contribution < -0.4 is 11.1 Å². The summed E-state index contributed by atoms with van der Waals surface area (Å²) in [6.07, 6.45) is 0. The van der Waals surface area contributed by atoms with Gasteiger partial charge in [0.1, 0.15) is 11.6 Å². The molecule has 0 aliphatic carbocycles. The molecule has 0 spiro atoms. The van der Waals surface area contributed by atoms with E-state index < -0.39 is 11.4 Å². The largest absolute Gasteiger partial charge is 0.370 e. The van der Waals surface area contributed by atoms with E-state index in [-0.39, 0.29) is 5.92 Å². The molecule has 0 bridgehead atoms. The zero-order valence-electron chi connectivity index (χ0n) is 10.6. The van der Waals surface area contributed by atoms with Crippen LogP contribution in [0.3, 0.4) is 0 Å². The maximum Gasteiger partial charge on any atom is 0.243 e. The van der Waals surface area contributed by atoms with Crippen LogP contribution in [0, 0.1) is 17.2 Å². The summed E-state index contributed by atoms with van der Waals surface area (Å²) in [5.41, 5.74) is 5.32. The monoisotopic (exact) mass is 265 g/mol. The first-order valence-corrected chi connectivity index (χ1v) is 5.97. The van der Waals surface area contributed by atoms with E-state index in [1.54, 1.807) is 25.1 Å². The van der Waals surface area contributed by atoms with Crippen LogP contribution in [0.5, 0.6) is 0 Å². The van der Waals surface area contributed by atoms with Crippen molar-refractivity contribution in [2.45, 2.75) is 26.3 Å². The smallest absolute Gasteiger partial charge is 0.243 e. The number of primary amides is 1. The van der Waals surface area contributed by atoms with Gasteiger partial charge in [-0.3, -0.25) is 4.79 Å². The number of hydrogen-bond donors (Lipinski definition) is 2. The minimum atomic E-state index is -0.934. The molecule has 1 aromatic rings. The van der Waals surface area contributed by atoms with Gasteiger partial charge in [0.2, 0.25) is 5.91 Å². The molecule has 0 fully saturated rings. The molecule has 96 valence electrons. The molecule has 18 heavy (non-hydrogen) atoms. The predicted molar refractivity (Wildman–Crippen MR) is 72.2 cm³/mol. The van der Waals surface area contributed by atoms with Crippen LogP contribution in [0.2, 0.25) is 5.02 Å². The Labute approximate surface area is 112 Å². The molecule has 1 aromatic carbocycles. The summed E-state index contributed by atoms with van der Waals surface area (Å²) >= 11 is 5.94. The molecule has 0 aliphatic rings. The lowest BCUT2D eigenvalue weighted by Gasteiger charge is -2.32. The number of halogens is 1. The van der Waals surface area contributed by atoms with Gasteiger partial charge in [0.05, 0.1) is 16.3 Å². The Hall–Kier alpha value is -1.73. The second-order valence-electron chi connectivity index (χ2n) is 4.62. The third kappa shape index (κ3) is 2.57. The number of nitriles is 1. The molecule has 0 saturated heterocycles. The fraction of sp³-hybridized carbons (Fsp3) is 0.385. The molecule has 5 heteroatoms. The molecule has 4 nitrogen and oxygen atoms in total. The van der Waals surface area contributed by atoms with Crippen LogP contribution >= 0.6 is 11.6 Å². The van der Waals surface area contributed by atoms with Gasteiger partial charge in [-0.1, -0.05) is 31.5 Å². The van der Waals surface area contributed by atoms with Crippen molar-refractivity contribution in [1.82, 2.24) is 0 Å². The number of nitrogens with one attached hydrogen (secondary N) is 1.